The Labute approximate surface area is 121 Å². The number of esters is 1. The van der Waals surface area contributed by atoms with Crippen molar-refractivity contribution < 1.29 is 14.0 Å². The molecule has 0 heterocycles. The topological polar surface area (TPSA) is 35.5 Å². The minimum absolute atomic E-state index is 0.0724. The van der Waals surface area contributed by atoms with Crippen molar-refractivity contribution in [2.24, 2.45) is 0 Å². The second kappa shape index (κ2) is 10.2. The largest absolute Gasteiger partial charge is 0.462 e. The van der Waals surface area contributed by atoms with Gasteiger partial charge in [0.05, 0.1) is 6.61 Å². The molecule has 3 nitrogen and oxygen atoms in total. The van der Waals surface area contributed by atoms with Crippen molar-refractivity contribution in [3.05, 3.63) is 12.2 Å². The summed E-state index contributed by atoms with van der Waals surface area (Å²) in [6.07, 6.45) is 8.20. The van der Waals surface area contributed by atoms with Crippen molar-refractivity contribution in [1.29, 1.82) is 0 Å². The van der Waals surface area contributed by atoms with Gasteiger partial charge in [0.2, 0.25) is 0 Å². The molecule has 0 saturated carbocycles. The second-order valence-electron chi connectivity index (χ2n) is 5.75. The molecule has 0 aliphatic heterocycles. The molecule has 0 radical (unpaired) electrons. The highest BCUT2D eigenvalue weighted by Crippen LogP contribution is 2.18. The molecule has 0 N–H and O–H groups in total. The first-order valence-corrected chi connectivity index (χ1v) is 8.08. The Morgan fingerprint density at radius 2 is 1.63 bits per heavy atom. The smallest absolute Gasteiger partial charge is 0.333 e. The lowest BCUT2D eigenvalue weighted by molar-refractivity contribution is -0.139. The minimum Gasteiger partial charge on any atom is -0.462 e. The summed E-state index contributed by atoms with van der Waals surface area (Å²) in [5, 5.41) is 0. The molecule has 0 aliphatic carbocycles. The van der Waals surface area contributed by atoms with Crippen molar-refractivity contribution >= 4 is 16.5 Å². The summed E-state index contributed by atoms with van der Waals surface area (Å²) in [5.74, 6) is -0.273. The maximum absolute atomic E-state index is 11.1. The fraction of sp³-hybridized carbons (Fsp3) is 0.800. The highest BCUT2D eigenvalue weighted by Gasteiger charge is 2.13. The SMILES string of the molecule is C=C(C)C(=O)OCCCCCCCCC(C)(C)O[SiH3]. The van der Waals surface area contributed by atoms with Gasteiger partial charge >= 0.3 is 5.97 Å². The summed E-state index contributed by atoms with van der Waals surface area (Å²) in [4.78, 5) is 11.1. The van der Waals surface area contributed by atoms with Gasteiger partial charge in [-0.3, -0.25) is 0 Å². The van der Waals surface area contributed by atoms with Gasteiger partial charge in [-0.15, -0.1) is 0 Å². The van der Waals surface area contributed by atoms with E-state index in [-0.39, 0.29) is 11.6 Å². The van der Waals surface area contributed by atoms with E-state index in [1.165, 1.54) is 25.7 Å². The van der Waals surface area contributed by atoms with Crippen LogP contribution in [0.3, 0.4) is 0 Å². The number of ether oxygens (including phenoxy) is 1. The first kappa shape index (κ1) is 18.4. The van der Waals surface area contributed by atoms with Crippen LogP contribution < -0.4 is 0 Å². The number of hydrogen-bond acceptors (Lipinski definition) is 3. The lowest BCUT2D eigenvalue weighted by Crippen LogP contribution is -2.22. The zero-order valence-corrected chi connectivity index (χ0v) is 15.1. The van der Waals surface area contributed by atoms with Gasteiger partial charge in [-0.05, 0) is 33.6 Å². The molecule has 0 amide bonds. The van der Waals surface area contributed by atoms with Gasteiger partial charge in [0.1, 0.15) is 10.5 Å². The van der Waals surface area contributed by atoms with Crippen LogP contribution in [0.15, 0.2) is 12.2 Å². The summed E-state index contributed by atoms with van der Waals surface area (Å²) >= 11 is 0. The fourth-order valence-corrected chi connectivity index (χ4v) is 1.95. The Kier molecular flexibility index (Phi) is 9.88. The highest BCUT2D eigenvalue weighted by molar-refractivity contribution is 5.98. The van der Waals surface area contributed by atoms with E-state index in [2.05, 4.69) is 20.4 Å². The molecule has 0 spiro atoms. The molecule has 0 fully saturated rings. The van der Waals surface area contributed by atoms with Crippen LogP contribution >= 0.6 is 0 Å². The molecule has 0 aliphatic rings. The average Bonchev–Trinajstić information content (AvgIpc) is 2.36. The molecule has 0 unspecified atom stereocenters. The number of unbranched alkanes of at least 4 members (excludes halogenated alkanes) is 5. The van der Waals surface area contributed by atoms with Crippen LogP contribution in [-0.4, -0.2) is 28.7 Å². The summed E-state index contributed by atoms with van der Waals surface area (Å²) in [6.45, 7) is 10.1. The Balaban J connectivity index is 3.28. The summed E-state index contributed by atoms with van der Waals surface area (Å²) < 4.78 is 10.6. The third-order valence-corrected chi connectivity index (χ3v) is 4.41. The van der Waals surface area contributed by atoms with Crippen LogP contribution in [0.2, 0.25) is 0 Å². The number of rotatable bonds is 11. The van der Waals surface area contributed by atoms with E-state index in [1.54, 1.807) is 6.92 Å². The Morgan fingerprint density at radius 1 is 1.11 bits per heavy atom. The van der Waals surface area contributed by atoms with Crippen LogP contribution in [0.4, 0.5) is 0 Å². The van der Waals surface area contributed by atoms with Gasteiger partial charge in [0.25, 0.3) is 0 Å². The number of hydrogen-bond donors (Lipinski definition) is 0. The zero-order valence-electron chi connectivity index (χ0n) is 13.1. The van der Waals surface area contributed by atoms with Crippen molar-refractivity contribution in [2.45, 2.75) is 71.3 Å². The molecule has 4 heteroatoms. The van der Waals surface area contributed by atoms with Crippen LogP contribution in [0, 0.1) is 0 Å². The van der Waals surface area contributed by atoms with Crippen molar-refractivity contribution in [3.63, 3.8) is 0 Å². The third-order valence-electron chi connectivity index (χ3n) is 3.31. The van der Waals surface area contributed by atoms with Crippen molar-refractivity contribution in [3.8, 4) is 0 Å². The van der Waals surface area contributed by atoms with Gasteiger partial charge in [0.15, 0.2) is 0 Å². The number of carbonyl (C=O) groups excluding carboxylic acids is 1. The predicted molar refractivity (Wildman–Crippen MR) is 83.2 cm³/mol. The van der Waals surface area contributed by atoms with E-state index in [4.69, 9.17) is 9.16 Å². The lowest BCUT2D eigenvalue weighted by atomic mass is 10.00. The minimum atomic E-state index is -0.273. The van der Waals surface area contributed by atoms with Gasteiger partial charge < -0.3 is 9.16 Å². The Hall–Kier alpha value is -0.613. The predicted octanol–water partition coefficient (Wildman–Crippen LogP) is 2.91. The molecule has 0 saturated heterocycles. The summed E-state index contributed by atoms with van der Waals surface area (Å²) in [7, 11) is 0.817. The number of carbonyl (C=O) groups is 1. The summed E-state index contributed by atoms with van der Waals surface area (Å²) in [5.41, 5.74) is 0.548. The molecule has 0 rings (SSSR count). The Morgan fingerprint density at radius 3 is 2.16 bits per heavy atom. The van der Waals surface area contributed by atoms with E-state index in [0.717, 1.165) is 29.7 Å². The molecule has 0 aromatic carbocycles. The summed E-state index contributed by atoms with van der Waals surface area (Å²) in [6, 6.07) is 0. The van der Waals surface area contributed by atoms with Crippen LogP contribution in [-0.2, 0) is 14.0 Å². The second-order valence-corrected chi connectivity index (χ2v) is 6.16. The monoisotopic (exact) mass is 286 g/mol. The quantitative estimate of drug-likeness (QED) is 0.253. The first-order chi connectivity index (χ1) is 8.89. The normalized spacial score (nSPS) is 11.5. The van der Waals surface area contributed by atoms with Crippen LogP contribution in [0.25, 0.3) is 0 Å². The van der Waals surface area contributed by atoms with Crippen LogP contribution in [0.1, 0.15) is 65.7 Å². The van der Waals surface area contributed by atoms with E-state index < -0.39 is 0 Å². The van der Waals surface area contributed by atoms with E-state index >= 15 is 0 Å². The van der Waals surface area contributed by atoms with E-state index in [9.17, 15) is 4.79 Å². The maximum atomic E-state index is 11.1. The fourth-order valence-electron chi connectivity index (χ4n) is 1.75. The van der Waals surface area contributed by atoms with Crippen LogP contribution in [0.5, 0.6) is 0 Å². The molecular formula is C15H30O3Si. The lowest BCUT2D eigenvalue weighted by Gasteiger charge is -2.23. The van der Waals surface area contributed by atoms with Crippen molar-refractivity contribution in [1.82, 2.24) is 0 Å². The zero-order chi connectivity index (χ0) is 14.7. The first-order valence-electron chi connectivity index (χ1n) is 7.27. The highest BCUT2D eigenvalue weighted by atomic mass is 28.2. The standard InChI is InChI=1S/C15H30O3Si/c1-13(2)14(16)17-12-10-8-6-5-7-9-11-15(3,4)18-19/h1,5-12H2,2-4,19H3. The molecule has 112 valence electrons. The Bertz CT molecular complexity index is 275. The molecule has 19 heavy (non-hydrogen) atoms. The molecule has 0 aromatic rings. The average molecular weight is 286 g/mol. The molecule has 0 bridgehead atoms. The van der Waals surface area contributed by atoms with Crippen molar-refractivity contribution in [2.75, 3.05) is 6.61 Å². The third kappa shape index (κ3) is 11.0. The molecular weight excluding hydrogens is 256 g/mol. The maximum Gasteiger partial charge on any atom is 0.333 e. The van der Waals surface area contributed by atoms with Gasteiger partial charge in [-0.25, -0.2) is 4.79 Å². The van der Waals surface area contributed by atoms with E-state index in [1.807, 2.05) is 0 Å². The van der Waals surface area contributed by atoms with Gasteiger partial charge in [-0.2, -0.15) is 0 Å². The molecule has 0 atom stereocenters. The molecule has 0 aromatic heterocycles. The van der Waals surface area contributed by atoms with Gasteiger partial charge in [-0.1, -0.05) is 38.7 Å². The van der Waals surface area contributed by atoms with E-state index in [0.29, 0.717) is 12.2 Å². The van der Waals surface area contributed by atoms with Gasteiger partial charge in [0, 0.05) is 11.2 Å².